The van der Waals surface area contributed by atoms with E-state index in [2.05, 4.69) is 12.2 Å². The van der Waals surface area contributed by atoms with Crippen LogP contribution in [0.2, 0.25) is 0 Å². The Labute approximate surface area is 80.1 Å². The van der Waals surface area contributed by atoms with E-state index in [-0.39, 0.29) is 23.9 Å². The highest BCUT2D eigenvalue weighted by Gasteiger charge is 2.30. The molecule has 1 rings (SSSR count). The molecule has 1 amide bonds. The molecule has 0 aliphatic heterocycles. The molecule has 1 aliphatic carbocycles. The molecule has 1 aliphatic rings. The van der Waals surface area contributed by atoms with E-state index in [0.29, 0.717) is 0 Å². The molecular weight excluding hydrogens is 164 g/mol. The lowest BCUT2D eigenvalue weighted by molar-refractivity contribution is -0.125. The van der Waals surface area contributed by atoms with Gasteiger partial charge in [-0.1, -0.05) is 13.3 Å². The van der Waals surface area contributed by atoms with Crippen LogP contribution in [0.3, 0.4) is 0 Å². The Morgan fingerprint density at radius 3 is 2.77 bits per heavy atom. The Morgan fingerprint density at radius 1 is 1.62 bits per heavy atom. The van der Waals surface area contributed by atoms with Gasteiger partial charge in [0.15, 0.2) is 0 Å². The normalized spacial score (nSPS) is 30.1. The molecule has 1 saturated carbocycles. The summed E-state index contributed by atoms with van der Waals surface area (Å²) in [5.74, 6) is 0.216. The zero-order valence-corrected chi connectivity index (χ0v) is 8.55. The van der Waals surface area contributed by atoms with Crippen molar-refractivity contribution in [3.05, 3.63) is 0 Å². The molecule has 0 aromatic carbocycles. The van der Waals surface area contributed by atoms with E-state index in [4.69, 9.17) is 5.73 Å². The van der Waals surface area contributed by atoms with Gasteiger partial charge in [-0.15, -0.1) is 0 Å². The molecular formula is C10H20N2O. The largest absolute Gasteiger partial charge is 0.353 e. The molecule has 0 saturated heterocycles. The highest BCUT2D eigenvalue weighted by molar-refractivity contribution is 5.79. The molecule has 13 heavy (non-hydrogen) atoms. The van der Waals surface area contributed by atoms with Crippen molar-refractivity contribution in [2.75, 3.05) is 0 Å². The monoisotopic (exact) mass is 184 g/mol. The zero-order chi connectivity index (χ0) is 9.84. The average molecular weight is 184 g/mol. The van der Waals surface area contributed by atoms with Crippen LogP contribution in [0.5, 0.6) is 0 Å². The second-order valence-corrected chi connectivity index (χ2v) is 4.02. The first-order chi connectivity index (χ1) is 6.15. The van der Waals surface area contributed by atoms with Crippen LogP contribution in [-0.2, 0) is 4.79 Å². The molecule has 3 heteroatoms. The maximum absolute atomic E-state index is 11.6. The van der Waals surface area contributed by atoms with E-state index >= 15 is 0 Å². The molecule has 76 valence electrons. The Hall–Kier alpha value is -0.570. The minimum atomic E-state index is 0.0639. The molecule has 0 heterocycles. The molecule has 3 N–H and O–H groups in total. The lowest BCUT2D eigenvalue weighted by Gasteiger charge is -2.18. The molecule has 0 spiro atoms. The molecule has 0 bridgehead atoms. The van der Waals surface area contributed by atoms with Crippen molar-refractivity contribution >= 4 is 5.91 Å². The van der Waals surface area contributed by atoms with Crippen LogP contribution >= 0.6 is 0 Å². The van der Waals surface area contributed by atoms with Gasteiger partial charge in [-0.25, -0.2) is 0 Å². The summed E-state index contributed by atoms with van der Waals surface area (Å²) in [5.41, 5.74) is 5.84. The number of carbonyl (C=O) groups is 1. The first-order valence-corrected chi connectivity index (χ1v) is 5.21. The summed E-state index contributed by atoms with van der Waals surface area (Å²) in [6.07, 6.45) is 4.04. The minimum Gasteiger partial charge on any atom is -0.353 e. The summed E-state index contributed by atoms with van der Waals surface area (Å²) >= 11 is 0. The lowest BCUT2D eigenvalue weighted by atomic mass is 10.0. The van der Waals surface area contributed by atoms with E-state index in [1.807, 2.05) is 6.92 Å². The maximum atomic E-state index is 11.6. The third-order valence-electron chi connectivity index (χ3n) is 2.91. The highest BCUT2D eigenvalue weighted by atomic mass is 16.2. The van der Waals surface area contributed by atoms with Gasteiger partial charge in [0.1, 0.15) is 0 Å². The summed E-state index contributed by atoms with van der Waals surface area (Å²) in [4.78, 5) is 11.6. The van der Waals surface area contributed by atoms with Gasteiger partial charge >= 0.3 is 0 Å². The number of hydrogen-bond donors (Lipinski definition) is 2. The van der Waals surface area contributed by atoms with Crippen molar-refractivity contribution in [1.82, 2.24) is 5.32 Å². The first-order valence-electron chi connectivity index (χ1n) is 5.21. The Bertz CT molecular complexity index is 182. The third-order valence-corrected chi connectivity index (χ3v) is 2.91. The molecule has 0 aromatic rings. The SMILES string of the molecule is CCC(C)NC(=O)C1CCCC1N. The standard InChI is InChI=1S/C10H20N2O/c1-3-7(2)12-10(13)8-5-4-6-9(8)11/h7-9H,3-6,11H2,1-2H3,(H,12,13). The smallest absolute Gasteiger partial charge is 0.224 e. The van der Waals surface area contributed by atoms with E-state index < -0.39 is 0 Å². The number of rotatable bonds is 3. The fourth-order valence-electron chi connectivity index (χ4n) is 1.77. The maximum Gasteiger partial charge on any atom is 0.224 e. The van der Waals surface area contributed by atoms with Crippen molar-refractivity contribution < 1.29 is 4.79 Å². The van der Waals surface area contributed by atoms with Crippen molar-refractivity contribution in [2.24, 2.45) is 11.7 Å². The predicted molar refractivity (Wildman–Crippen MR) is 53.2 cm³/mol. The topological polar surface area (TPSA) is 55.1 Å². The second kappa shape index (κ2) is 4.61. The van der Waals surface area contributed by atoms with Gasteiger partial charge in [-0.05, 0) is 26.2 Å². The number of carbonyl (C=O) groups excluding carboxylic acids is 1. The van der Waals surface area contributed by atoms with E-state index in [1.165, 1.54) is 0 Å². The third kappa shape index (κ3) is 2.69. The van der Waals surface area contributed by atoms with Crippen LogP contribution in [0.1, 0.15) is 39.5 Å². The molecule has 3 unspecified atom stereocenters. The Morgan fingerprint density at radius 2 is 2.31 bits per heavy atom. The van der Waals surface area contributed by atoms with Crippen LogP contribution in [0.4, 0.5) is 0 Å². The van der Waals surface area contributed by atoms with Crippen LogP contribution in [0, 0.1) is 5.92 Å². The zero-order valence-electron chi connectivity index (χ0n) is 8.55. The fourth-order valence-corrected chi connectivity index (χ4v) is 1.77. The van der Waals surface area contributed by atoms with Crippen LogP contribution in [0.25, 0.3) is 0 Å². The quantitative estimate of drug-likeness (QED) is 0.688. The van der Waals surface area contributed by atoms with Gasteiger partial charge in [-0.2, -0.15) is 0 Å². The van der Waals surface area contributed by atoms with E-state index in [1.54, 1.807) is 0 Å². The van der Waals surface area contributed by atoms with Crippen LogP contribution in [0.15, 0.2) is 0 Å². The summed E-state index contributed by atoms with van der Waals surface area (Å²) in [6, 6.07) is 0.365. The van der Waals surface area contributed by atoms with Crippen molar-refractivity contribution in [3.63, 3.8) is 0 Å². The summed E-state index contributed by atoms with van der Waals surface area (Å²) in [6.45, 7) is 4.10. The van der Waals surface area contributed by atoms with Gasteiger partial charge in [0.25, 0.3) is 0 Å². The predicted octanol–water partition coefficient (Wildman–Crippen LogP) is 1.03. The van der Waals surface area contributed by atoms with Gasteiger partial charge in [0.05, 0.1) is 5.92 Å². The van der Waals surface area contributed by atoms with Gasteiger partial charge in [-0.3, -0.25) is 4.79 Å². The lowest BCUT2D eigenvalue weighted by Crippen LogP contribution is -2.42. The highest BCUT2D eigenvalue weighted by Crippen LogP contribution is 2.24. The van der Waals surface area contributed by atoms with Gasteiger partial charge < -0.3 is 11.1 Å². The summed E-state index contributed by atoms with van der Waals surface area (Å²) < 4.78 is 0. The first kappa shape index (κ1) is 10.5. The minimum absolute atomic E-state index is 0.0639. The number of hydrogen-bond acceptors (Lipinski definition) is 2. The summed E-state index contributed by atoms with van der Waals surface area (Å²) in [5, 5.41) is 2.98. The average Bonchev–Trinajstić information content (AvgIpc) is 2.51. The van der Waals surface area contributed by atoms with E-state index in [9.17, 15) is 4.79 Å². The molecule has 3 nitrogen and oxygen atoms in total. The Balaban J connectivity index is 2.38. The number of nitrogens with two attached hydrogens (primary N) is 1. The van der Waals surface area contributed by atoms with Crippen molar-refractivity contribution in [3.8, 4) is 0 Å². The van der Waals surface area contributed by atoms with Gasteiger partial charge in [0, 0.05) is 12.1 Å². The Kier molecular flexibility index (Phi) is 3.72. The molecule has 1 fully saturated rings. The second-order valence-electron chi connectivity index (χ2n) is 4.02. The number of amides is 1. The van der Waals surface area contributed by atoms with Crippen molar-refractivity contribution in [1.29, 1.82) is 0 Å². The van der Waals surface area contributed by atoms with Crippen LogP contribution < -0.4 is 11.1 Å². The summed E-state index contributed by atoms with van der Waals surface area (Å²) in [7, 11) is 0. The van der Waals surface area contributed by atoms with E-state index in [0.717, 1.165) is 25.7 Å². The molecule has 0 aromatic heterocycles. The fraction of sp³-hybridized carbons (Fsp3) is 0.900. The molecule has 3 atom stereocenters. The van der Waals surface area contributed by atoms with Crippen molar-refractivity contribution in [2.45, 2.75) is 51.6 Å². The number of nitrogens with one attached hydrogen (secondary N) is 1. The van der Waals surface area contributed by atoms with Gasteiger partial charge in [0.2, 0.25) is 5.91 Å². The van der Waals surface area contributed by atoms with Crippen LogP contribution in [-0.4, -0.2) is 18.0 Å². The molecule has 0 radical (unpaired) electrons.